The fraction of sp³-hybridized carbons (Fsp3) is 0.869. The third-order valence-corrected chi connectivity index (χ3v) is 13.6. The van der Waals surface area contributed by atoms with Gasteiger partial charge in [0.25, 0.3) is 0 Å². The van der Waals surface area contributed by atoms with E-state index in [1.807, 2.05) is 6.08 Å². The lowest BCUT2D eigenvalue weighted by atomic mass is 10.0. The van der Waals surface area contributed by atoms with E-state index in [1.54, 1.807) is 6.08 Å². The van der Waals surface area contributed by atoms with E-state index < -0.39 is 12.1 Å². The highest BCUT2D eigenvalue weighted by molar-refractivity contribution is 5.76. The van der Waals surface area contributed by atoms with Crippen molar-refractivity contribution < 1.29 is 24.5 Å². The summed E-state index contributed by atoms with van der Waals surface area (Å²) in [5.41, 5.74) is 0. The number of hydrogen-bond donors (Lipinski definition) is 3. The van der Waals surface area contributed by atoms with Crippen LogP contribution in [0, 0.1) is 0 Å². The van der Waals surface area contributed by atoms with Crippen LogP contribution in [0.2, 0.25) is 0 Å². The monoisotopic (exact) mass is 942 g/mol. The largest absolute Gasteiger partial charge is 0.466 e. The van der Waals surface area contributed by atoms with E-state index in [9.17, 15) is 19.8 Å². The van der Waals surface area contributed by atoms with Crippen LogP contribution in [-0.2, 0) is 14.3 Å². The number of nitrogens with one attached hydrogen (secondary N) is 1. The lowest BCUT2D eigenvalue weighted by Crippen LogP contribution is -2.45. The average molecular weight is 943 g/mol. The van der Waals surface area contributed by atoms with Gasteiger partial charge >= 0.3 is 5.97 Å². The standard InChI is InChI=1S/C61H115NO5/c1-3-5-7-9-11-13-15-16-17-18-19-21-24-27-30-34-37-41-45-49-53-59(64)58(57-63)62-60(65)54-50-46-42-38-35-31-28-25-22-20-23-26-29-32-36-40-44-48-52-56-67-61(66)55-51-47-43-39-33-14-12-10-8-6-4-2/h10,12,20,22,49,53,58-59,63-64H,3-9,11,13-19,21,23-48,50-52,54-57H2,1-2H3,(H,62,65)/b12-10-,22-20-,53-49+. The van der Waals surface area contributed by atoms with Crippen LogP contribution in [0.5, 0.6) is 0 Å². The summed E-state index contributed by atoms with van der Waals surface area (Å²) in [7, 11) is 0. The van der Waals surface area contributed by atoms with Crippen LogP contribution in [-0.4, -0.2) is 47.4 Å². The molecule has 0 saturated carbocycles. The number of hydrogen-bond acceptors (Lipinski definition) is 5. The topological polar surface area (TPSA) is 95.9 Å². The maximum absolute atomic E-state index is 12.5. The van der Waals surface area contributed by atoms with Crippen molar-refractivity contribution in [2.75, 3.05) is 13.2 Å². The number of allylic oxidation sites excluding steroid dienone is 5. The summed E-state index contributed by atoms with van der Waals surface area (Å²) < 4.78 is 5.45. The van der Waals surface area contributed by atoms with Gasteiger partial charge in [-0.2, -0.15) is 0 Å². The zero-order chi connectivity index (χ0) is 48.6. The highest BCUT2D eigenvalue weighted by Crippen LogP contribution is 2.17. The Morgan fingerprint density at radius 1 is 0.403 bits per heavy atom. The van der Waals surface area contributed by atoms with E-state index in [1.165, 1.54) is 238 Å². The molecule has 0 aliphatic heterocycles. The fourth-order valence-corrected chi connectivity index (χ4v) is 9.02. The minimum absolute atomic E-state index is 0.00799. The lowest BCUT2D eigenvalue weighted by Gasteiger charge is -2.20. The van der Waals surface area contributed by atoms with E-state index >= 15 is 0 Å². The summed E-state index contributed by atoms with van der Waals surface area (Å²) in [6, 6.07) is -0.636. The summed E-state index contributed by atoms with van der Waals surface area (Å²) in [5.74, 6) is -0.0839. The van der Waals surface area contributed by atoms with Gasteiger partial charge in [-0.3, -0.25) is 9.59 Å². The van der Waals surface area contributed by atoms with E-state index in [0.717, 1.165) is 51.4 Å². The van der Waals surface area contributed by atoms with Gasteiger partial charge in [0.15, 0.2) is 0 Å². The number of aliphatic hydroxyl groups is 2. The summed E-state index contributed by atoms with van der Waals surface area (Å²) in [6.45, 7) is 4.86. The van der Waals surface area contributed by atoms with Gasteiger partial charge in [-0.15, -0.1) is 0 Å². The molecule has 0 radical (unpaired) electrons. The molecule has 0 aromatic heterocycles. The van der Waals surface area contributed by atoms with Gasteiger partial charge < -0.3 is 20.3 Å². The molecule has 0 bridgehead atoms. The molecule has 1 amide bonds. The highest BCUT2D eigenvalue weighted by Gasteiger charge is 2.18. The average Bonchev–Trinajstić information content (AvgIpc) is 3.33. The maximum atomic E-state index is 12.5. The molecule has 0 rings (SSSR count). The minimum atomic E-state index is -0.852. The predicted molar refractivity (Wildman–Crippen MR) is 292 cm³/mol. The number of carbonyl (C=O) groups excluding carboxylic acids is 2. The van der Waals surface area contributed by atoms with Crippen molar-refractivity contribution in [2.45, 2.75) is 328 Å². The second kappa shape index (κ2) is 56.7. The molecule has 0 fully saturated rings. The molecular weight excluding hydrogens is 827 g/mol. The van der Waals surface area contributed by atoms with E-state index in [-0.39, 0.29) is 18.5 Å². The molecular formula is C61H115NO5. The third-order valence-electron chi connectivity index (χ3n) is 13.6. The molecule has 0 aliphatic carbocycles. The Balaban J connectivity index is 3.49. The Bertz CT molecular complexity index is 1090. The number of carbonyl (C=O) groups is 2. The number of esters is 1. The number of amides is 1. The van der Waals surface area contributed by atoms with Crippen LogP contribution in [0.4, 0.5) is 0 Å². The van der Waals surface area contributed by atoms with Gasteiger partial charge in [0.2, 0.25) is 5.91 Å². The summed E-state index contributed by atoms with van der Waals surface area (Å²) in [5, 5.41) is 23.2. The van der Waals surface area contributed by atoms with E-state index in [2.05, 4.69) is 43.5 Å². The van der Waals surface area contributed by atoms with Crippen molar-refractivity contribution in [3.05, 3.63) is 36.5 Å². The molecule has 2 unspecified atom stereocenters. The molecule has 0 aromatic rings. The molecule has 6 heteroatoms. The Morgan fingerprint density at radius 2 is 0.716 bits per heavy atom. The number of rotatable bonds is 55. The predicted octanol–water partition coefficient (Wildman–Crippen LogP) is 18.4. The SMILES string of the molecule is CCCC/C=C\CCCCCCCC(=O)OCCCCCCCCCC/C=C\CCCCCCCCCC(=O)NC(CO)C(O)/C=C/CCCCCCCCCCCCCCCCCCCC. The molecule has 394 valence electrons. The summed E-state index contributed by atoms with van der Waals surface area (Å²) >= 11 is 0. The summed E-state index contributed by atoms with van der Waals surface area (Å²) in [4.78, 5) is 24.5. The van der Waals surface area contributed by atoms with Gasteiger partial charge in [0.05, 0.1) is 25.4 Å². The van der Waals surface area contributed by atoms with Crippen LogP contribution < -0.4 is 5.32 Å². The van der Waals surface area contributed by atoms with Crippen molar-refractivity contribution in [1.82, 2.24) is 5.32 Å². The minimum Gasteiger partial charge on any atom is -0.466 e. The molecule has 0 saturated heterocycles. The van der Waals surface area contributed by atoms with Crippen LogP contribution in [0.1, 0.15) is 316 Å². The molecule has 0 aromatic carbocycles. The maximum Gasteiger partial charge on any atom is 0.305 e. The normalized spacial score (nSPS) is 12.8. The molecule has 3 N–H and O–H groups in total. The Hall–Kier alpha value is -1.92. The fourth-order valence-electron chi connectivity index (χ4n) is 9.02. The van der Waals surface area contributed by atoms with Crippen molar-refractivity contribution in [2.24, 2.45) is 0 Å². The number of unbranched alkanes of at least 4 members (excludes halogenated alkanes) is 40. The summed E-state index contributed by atoms with van der Waals surface area (Å²) in [6.07, 6.45) is 70.3. The smallest absolute Gasteiger partial charge is 0.305 e. The molecule has 67 heavy (non-hydrogen) atoms. The zero-order valence-electron chi connectivity index (χ0n) is 44.9. The Labute approximate surface area is 417 Å². The van der Waals surface area contributed by atoms with Crippen LogP contribution in [0.25, 0.3) is 0 Å². The molecule has 0 spiro atoms. The van der Waals surface area contributed by atoms with E-state index in [0.29, 0.717) is 19.4 Å². The van der Waals surface area contributed by atoms with Gasteiger partial charge in [-0.25, -0.2) is 0 Å². The second-order valence-electron chi connectivity index (χ2n) is 20.3. The van der Waals surface area contributed by atoms with Gasteiger partial charge in [-0.1, -0.05) is 262 Å². The van der Waals surface area contributed by atoms with Gasteiger partial charge in [0, 0.05) is 12.8 Å². The van der Waals surface area contributed by atoms with Gasteiger partial charge in [0.1, 0.15) is 0 Å². The zero-order valence-corrected chi connectivity index (χ0v) is 44.9. The van der Waals surface area contributed by atoms with Crippen molar-refractivity contribution in [1.29, 1.82) is 0 Å². The van der Waals surface area contributed by atoms with Crippen molar-refractivity contribution >= 4 is 11.9 Å². The van der Waals surface area contributed by atoms with Crippen LogP contribution in [0.3, 0.4) is 0 Å². The number of ether oxygens (including phenoxy) is 1. The third kappa shape index (κ3) is 53.3. The Morgan fingerprint density at radius 3 is 1.10 bits per heavy atom. The quantitative estimate of drug-likeness (QED) is 0.0321. The molecule has 0 aliphatic rings. The first-order valence-electron chi connectivity index (χ1n) is 29.8. The highest BCUT2D eigenvalue weighted by atomic mass is 16.5. The van der Waals surface area contributed by atoms with Gasteiger partial charge in [-0.05, 0) is 77.0 Å². The second-order valence-corrected chi connectivity index (χ2v) is 20.3. The number of aliphatic hydroxyl groups excluding tert-OH is 2. The van der Waals surface area contributed by atoms with Crippen molar-refractivity contribution in [3.63, 3.8) is 0 Å². The first-order valence-corrected chi connectivity index (χ1v) is 29.8. The molecule has 0 heterocycles. The van der Waals surface area contributed by atoms with Crippen LogP contribution in [0.15, 0.2) is 36.5 Å². The molecule has 2 atom stereocenters. The Kier molecular flexibility index (Phi) is 55.0. The molecule has 6 nitrogen and oxygen atoms in total. The van der Waals surface area contributed by atoms with E-state index in [4.69, 9.17) is 4.74 Å². The lowest BCUT2D eigenvalue weighted by molar-refractivity contribution is -0.143. The van der Waals surface area contributed by atoms with Crippen molar-refractivity contribution in [3.8, 4) is 0 Å². The first-order chi connectivity index (χ1) is 33.0. The van der Waals surface area contributed by atoms with Crippen LogP contribution >= 0.6 is 0 Å². The first kappa shape index (κ1) is 65.1.